The van der Waals surface area contributed by atoms with Crippen molar-refractivity contribution in [3.05, 3.63) is 6.33 Å². The second kappa shape index (κ2) is 7.26. The van der Waals surface area contributed by atoms with E-state index < -0.39 is 0 Å². The molecule has 7 rings (SSSR count). The van der Waals surface area contributed by atoms with Crippen LogP contribution in [0.2, 0.25) is 0 Å². The van der Waals surface area contributed by atoms with Gasteiger partial charge in [0.25, 0.3) is 0 Å². The Labute approximate surface area is 178 Å². The van der Waals surface area contributed by atoms with E-state index >= 15 is 0 Å². The van der Waals surface area contributed by atoms with Crippen LogP contribution in [0, 0.1) is 17.8 Å². The van der Waals surface area contributed by atoms with Crippen LogP contribution in [-0.4, -0.2) is 68.9 Å². The molecule has 8 nitrogen and oxygen atoms in total. The summed E-state index contributed by atoms with van der Waals surface area (Å²) in [6, 6.07) is 0.593. The van der Waals surface area contributed by atoms with Crippen LogP contribution in [0.25, 0.3) is 0 Å². The molecule has 1 aromatic heterocycles. The SMILES string of the molecule is O=C(NC12C[C@H]3C[C@@H](C1)CC(n1ncnn1)(C3)C2)[C@@H]1CCCN(C2CCOCC2)C1. The first kappa shape index (κ1) is 19.2. The summed E-state index contributed by atoms with van der Waals surface area (Å²) in [5.41, 5.74) is -0.121. The third-order valence-corrected chi connectivity index (χ3v) is 8.72. The highest BCUT2D eigenvalue weighted by atomic mass is 16.5. The Morgan fingerprint density at radius 3 is 2.63 bits per heavy atom. The number of rotatable bonds is 4. The first-order valence-electron chi connectivity index (χ1n) is 12.0. The van der Waals surface area contributed by atoms with Crippen molar-refractivity contribution in [3.8, 4) is 0 Å². The van der Waals surface area contributed by atoms with Crippen molar-refractivity contribution in [2.24, 2.45) is 17.8 Å². The van der Waals surface area contributed by atoms with Gasteiger partial charge < -0.3 is 10.1 Å². The molecule has 1 N–H and O–H groups in total. The summed E-state index contributed by atoms with van der Waals surface area (Å²) in [5, 5.41) is 16.3. The summed E-state index contributed by atoms with van der Waals surface area (Å²) >= 11 is 0. The van der Waals surface area contributed by atoms with E-state index in [1.54, 1.807) is 6.33 Å². The molecular weight excluding hydrogens is 380 g/mol. The Bertz CT molecular complexity index is 763. The molecule has 0 radical (unpaired) electrons. The molecule has 30 heavy (non-hydrogen) atoms. The number of carbonyl (C=O) groups excluding carboxylic acids is 1. The van der Waals surface area contributed by atoms with E-state index in [2.05, 4.69) is 25.6 Å². The molecule has 8 heteroatoms. The Morgan fingerprint density at radius 1 is 1.10 bits per heavy atom. The fourth-order valence-electron chi connectivity index (χ4n) is 7.94. The van der Waals surface area contributed by atoms with Crippen molar-refractivity contribution in [3.63, 3.8) is 0 Å². The van der Waals surface area contributed by atoms with Gasteiger partial charge in [0, 0.05) is 31.3 Å². The summed E-state index contributed by atoms with van der Waals surface area (Å²) in [5.74, 6) is 1.75. The van der Waals surface area contributed by atoms with Gasteiger partial charge in [0.2, 0.25) is 5.91 Å². The van der Waals surface area contributed by atoms with Crippen LogP contribution in [0.3, 0.4) is 0 Å². The third-order valence-electron chi connectivity index (χ3n) is 8.72. The number of carbonyl (C=O) groups is 1. The highest BCUT2D eigenvalue weighted by Gasteiger charge is 2.60. The van der Waals surface area contributed by atoms with Crippen molar-refractivity contribution in [2.45, 2.75) is 81.3 Å². The number of tetrazole rings is 1. The molecule has 3 heterocycles. The average Bonchev–Trinajstić information content (AvgIpc) is 3.29. The van der Waals surface area contributed by atoms with E-state index in [1.165, 1.54) is 6.42 Å². The lowest BCUT2D eigenvalue weighted by Gasteiger charge is -2.61. The number of hydrogen-bond acceptors (Lipinski definition) is 6. The predicted molar refractivity (Wildman–Crippen MR) is 109 cm³/mol. The highest BCUT2D eigenvalue weighted by Crippen LogP contribution is 2.60. The molecule has 2 unspecified atom stereocenters. The van der Waals surface area contributed by atoms with Gasteiger partial charge in [-0.1, -0.05) is 0 Å². The van der Waals surface area contributed by atoms with Gasteiger partial charge in [0.05, 0.1) is 11.5 Å². The van der Waals surface area contributed by atoms with E-state index in [0.29, 0.717) is 17.9 Å². The normalized spacial score (nSPS) is 41.8. The van der Waals surface area contributed by atoms with E-state index in [4.69, 9.17) is 4.74 Å². The van der Waals surface area contributed by atoms with Crippen molar-refractivity contribution in [1.29, 1.82) is 0 Å². The van der Waals surface area contributed by atoms with Gasteiger partial charge in [-0.2, -0.15) is 4.80 Å². The minimum Gasteiger partial charge on any atom is -0.381 e. The van der Waals surface area contributed by atoms with E-state index in [0.717, 1.165) is 84.1 Å². The van der Waals surface area contributed by atoms with Crippen LogP contribution >= 0.6 is 0 Å². The number of ether oxygens (including phenoxy) is 1. The van der Waals surface area contributed by atoms with Gasteiger partial charge in [0.15, 0.2) is 6.33 Å². The molecule has 2 saturated heterocycles. The van der Waals surface area contributed by atoms with Crippen LogP contribution in [-0.2, 0) is 15.1 Å². The Morgan fingerprint density at radius 2 is 1.90 bits per heavy atom. The summed E-state index contributed by atoms with van der Waals surface area (Å²) < 4.78 is 5.54. The number of piperidine rings is 1. The molecule has 5 atom stereocenters. The fourth-order valence-corrected chi connectivity index (χ4v) is 7.94. The highest BCUT2D eigenvalue weighted by molar-refractivity contribution is 5.80. The Hall–Kier alpha value is -1.54. The van der Waals surface area contributed by atoms with Gasteiger partial charge in [0.1, 0.15) is 0 Å². The minimum atomic E-state index is -0.0737. The molecule has 4 bridgehead atoms. The number of nitrogens with zero attached hydrogens (tertiary/aromatic N) is 5. The Kier molecular flexibility index (Phi) is 4.64. The second-order valence-corrected chi connectivity index (χ2v) is 10.9. The number of nitrogens with one attached hydrogen (secondary N) is 1. The average molecular weight is 415 g/mol. The molecule has 6 fully saturated rings. The maximum Gasteiger partial charge on any atom is 0.224 e. The molecule has 0 aromatic carbocycles. The number of hydrogen-bond donors (Lipinski definition) is 1. The first-order chi connectivity index (χ1) is 14.6. The standard InChI is InChI=1S/C22H34N6O2/c29-20(18-2-1-5-27(13-18)19-3-6-30-7-4-19)25-21-9-16-8-17(10-21)12-22(11-16,14-21)28-24-15-23-26-28/h15-19H,1-14H2,(H,25,29)/t16-,17+,18-,21?,22?/m1/s1. The van der Waals surface area contributed by atoms with Crippen molar-refractivity contribution >= 4 is 5.91 Å². The number of likely N-dealkylation sites (tertiary alicyclic amines) is 1. The lowest BCUT2D eigenvalue weighted by Crippen LogP contribution is -2.67. The van der Waals surface area contributed by atoms with Crippen LogP contribution in [0.15, 0.2) is 6.33 Å². The van der Waals surface area contributed by atoms with Crippen molar-refractivity contribution in [1.82, 2.24) is 30.4 Å². The molecule has 1 aromatic rings. The summed E-state index contributed by atoms with van der Waals surface area (Å²) in [7, 11) is 0. The topological polar surface area (TPSA) is 85.2 Å². The van der Waals surface area contributed by atoms with Crippen LogP contribution in [0.5, 0.6) is 0 Å². The smallest absolute Gasteiger partial charge is 0.224 e. The zero-order valence-corrected chi connectivity index (χ0v) is 17.8. The summed E-state index contributed by atoms with van der Waals surface area (Å²) in [6.45, 7) is 3.77. The van der Waals surface area contributed by atoms with Crippen LogP contribution < -0.4 is 5.32 Å². The molecule has 6 aliphatic rings. The zero-order valence-electron chi connectivity index (χ0n) is 17.8. The molecule has 4 aliphatic carbocycles. The monoisotopic (exact) mass is 414 g/mol. The minimum absolute atomic E-state index is 0.0471. The number of aromatic nitrogens is 4. The van der Waals surface area contributed by atoms with Gasteiger partial charge in [-0.05, 0) is 87.8 Å². The van der Waals surface area contributed by atoms with Crippen LogP contribution in [0.4, 0.5) is 0 Å². The van der Waals surface area contributed by atoms with E-state index in [1.807, 2.05) is 4.80 Å². The quantitative estimate of drug-likeness (QED) is 0.808. The van der Waals surface area contributed by atoms with E-state index in [9.17, 15) is 4.79 Å². The third kappa shape index (κ3) is 3.27. The first-order valence-corrected chi connectivity index (χ1v) is 12.0. The number of amides is 1. The summed E-state index contributed by atoms with van der Waals surface area (Å²) in [4.78, 5) is 17.9. The van der Waals surface area contributed by atoms with Gasteiger partial charge in [-0.15, -0.1) is 10.2 Å². The molecule has 1 amide bonds. The fraction of sp³-hybridized carbons (Fsp3) is 0.909. The molecular formula is C22H34N6O2. The second-order valence-electron chi connectivity index (χ2n) is 10.9. The molecule has 2 aliphatic heterocycles. The summed E-state index contributed by atoms with van der Waals surface area (Å²) in [6.07, 6.45) is 12.7. The molecule has 0 spiro atoms. The maximum absolute atomic E-state index is 13.5. The predicted octanol–water partition coefficient (Wildman–Crippen LogP) is 1.73. The Balaban J connectivity index is 1.17. The zero-order chi connectivity index (χ0) is 20.2. The molecule has 4 saturated carbocycles. The van der Waals surface area contributed by atoms with Crippen molar-refractivity contribution < 1.29 is 9.53 Å². The molecule has 164 valence electrons. The lowest BCUT2D eigenvalue weighted by molar-refractivity contribution is -0.137. The maximum atomic E-state index is 13.5. The van der Waals surface area contributed by atoms with Crippen molar-refractivity contribution in [2.75, 3.05) is 26.3 Å². The van der Waals surface area contributed by atoms with Gasteiger partial charge >= 0.3 is 0 Å². The lowest BCUT2D eigenvalue weighted by atomic mass is 9.50. The van der Waals surface area contributed by atoms with Crippen LogP contribution in [0.1, 0.15) is 64.2 Å². The van der Waals surface area contributed by atoms with Gasteiger partial charge in [-0.25, -0.2) is 0 Å². The largest absolute Gasteiger partial charge is 0.381 e. The van der Waals surface area contributed by atoms with Gasteiger partial charge in [-0.3, -0.25) is 9.69 Å². The van der Waals surface area contributed by atoms with E-state index in [-0.39, 0.29) is 22.9 Å².